The average molecular weight is 310 g/mol. The Balaban J connectivity index is 2.77. The highest BCUT2D eigenvalue weighted by Crippen LogP contribution is 2.17. The van der Waals surface area contributed by atoms with E-state index in [0.717, 1.165) is 17.5 Å². The fraction of sp³-hybridized carbons (Fsp3) is 0.375. The van der Waals surface area contributed by atoms with Crippen molar-refractivity contribution in [2.75, 3.05) is 20.2 Å². The number of carbonyl (C=O) groups excluding carboxylic acids is 2. The molecule has 0 radical (unpaired) electrons. The number of benzene rings is 1. The Bertz CT molecular complexity index is 540. The van der Waals surface area contributed by atoms with Gasteiger partial charge < -0.3 is 9.64 Å². The van der Waals surface area contributed by atoms with Crippen LogP contribution in [0.25, 0.3) is 6.08 Å². The molecular weight excluding hydrogens is 290 g/mol. The molecule has 0 spiro atoms. The van der Waals surface area contributed by atoms with E-state index in [4.69, 9.17) is 11.6 Å². The fourth-order valence-corrected chi connectivity index (χ4v) is 1.93. The van der Waals surface area contributed by atoms with Gasteiger partial charge in [-0.1, -0.05) is 30.7 Å². The Kier molecular flexibility index (Phi) is 6.96. The van der Waals surface area contributed by atoms with Crippen molar-refractivity contribution in [1.82, 2.24) is 4.90 Å². The molecule has 1 aromatic carbocycles. The van der Waals surface area contributed by atoms with Gasteiger partial charge in [-0.25, -0.2) is 0 Å². The summed E-state index contributed by atoms with van der Waals surface area (Å²) in [5.41, 5.74) is 1.83. The van der Waals surface area contributed by atoms with E-state index in [0.29, 0.717) is 11.6 Å². The topological polar surface area (TPSA) is 46.6 Å². The predicted octanol–water partition coefficient (Wildman–Crippen LogP) is 3.07. The summed E-state index contributed by atoms with van der Waals surface area (Å²) in [6.07, 6.45) is 3.90. The lowest BCUT2D eigenvalue weighted by atomic mass is 10.1. The highest BCUT2D eigenvalue weighted by molar-refractivity contribution is 6.31. The Morgan fingerprint density at radius 2 is 2.10 bits per heavy atom. The number of aryl methyl sites for hydroxylation is 1. The fourth-order valence-electron chi connectivity index (χ4n) is 1.74. The molecule has 0 atom stereocenters. The Hall–Kier alpha value is -1.81. The van der Waals surface area contributed by atoms with Crippen LogP contribution in [0.1, 0.15) is 24.5 Å². The number of halogens is 1. The number of rotatable bonds is 6. The van der Waals surface area contributed by atoms with Gasteiger partial charge in [0.15, 0.2) is 0 Å². The maximum absolute atomic E-state index is 12.1. The standard InChI is InChI=1S/C16H20ClNO3/c1-4-9-18(11-16(20)21-3)15(19)8-7-13-6-5-12(2)14(17)10-13/h5-8,10H,4,9,11H2,1-3H3. The molecule has 0 aliphatic carbocycles. The molecule has 0 aliphatic heterocycles. The molecule has 0 aliphatic rings. The lowest BCUT2D eigenvalue weighted by Gasteiger charge is -2.18. The Morgan fingerprint density at radius 3 is 2.67 bits per heavy atom. The first-order valence-corrected chi connectivity index (χ1v) is 7.15. The van der Waals surface area contributed by atoms with Crippen LogP contribution in [-0.4, -0.2) is 37.0 Å². The summed E-state index contributed by atoms with van der Waals surface area (Å²) in [5, 5.41) is 0.657. The Morgan fingerprint density at radius 1 is 1.38 bits per heavy atom. The number of carbonyl (C=O) groups is 2. The van der Waals surface area contributed by atoms with Crippen LogP contribution < -0.4 is 0 Å². The molecule has 0 heterocycles. The molecule has 5 heteroatoms. The van der Waals surface area contributed by atoms with E-state index in [1.807, 2.05) is 26.0 Å². The molecule has 21 heavy (non-hydrogen) atoms. The maximum atomic E-state index is 12.1. The first-order chi connectivity index (χ1) is 9.97. The molecule has 0 bridgehead atoms. The first kappa shape index (κ1) is 17.2. The molecule has 1 aromatic rings. The monoisotopic (exact) mass is 309 g/mol. The van der Waals surface area contributed by atoms with Crippen LogP contribution in [0.4, 0.5) is 0 Å². The number of hydrogen-bond donors (Lipinski definition) is 0. The molecule has 0 saturated heterocycles. The molecule has 4 nitrogen and oxygen atoms in total. The smallest absolute Gasteiger partial charge is 0.325 e. The third-order valence-electron chi connectivity index (χ3n) is 2.97. The molecule has 0 unspecified atom stereocenters. The van der Waals surface area contributed by atoms with Gasteiger partial charge in [-0.15, -0.1) is 0 Å². The van der Waals surface area contributed by atoms with Gasteiger partial charge in [0, 0.05) is 17.6 Å². The van der Waals surface area contributed by atoms with Crippen molar-refractivity contribution in [1.29, 1.82) is 0 Å². The zero-order valence-corrected chi connectivity index (χ0v) is 13.3. The molecule has 1 rings (SSSR count). The second-order valence-corrected chi connectivity index (χ2v) is 5.09. The van der Waals surface area contributed by atoms with Gasteiger partial charge in [0.1, 0.15) is 6.54 Å². The van der Waals surface area contributed by atoms with Crippen molar-refractivity contribution in [3.05, 3.63) is 40.4 Å². The quantitative estimate of drug-likeness (QED) is 0.599. The van der Waals surface area contributed by atoms with Crippen molar-refractivity contribution < 1.29 is 14.3 Å². The summed E-state index contributed by atoms with van der Waals surface area (Å²) in [5.74, 6) is -0.650. The second kappa shape index (κ2) is 8.47. The summed E-state index contributed by atoms with van der Waals surface area (Å²) in [6, 6.07) is 5.57. The van der Waals surface area contributed by atoms with E-state index >= 15 is 0 Å². The van der Waals surface area contributed by atoms with E-state index in [1.54, 1.807) is 12.1 Å². The summed E-state index contributed by atoms with van der Waals surface area (Å²) >= 11 is 6.04. The van der Waals surface area contributed by atoms with E-state index in [2.05, 4.69) is 4.74 Å². The molecule has 114 valence electrons. The van der Waals surface area contributed by atoms with Crippen LogP contribution in [0.3, 0.4) is 0 Å². The molecule has 0 aromatic heterocycles. The molecule has 0 saturated carbocycles. The molecule has 1 amide bonds. The van der Waals surface area contributed by atoms with Crippen LogP contribution in [0.2, 0.25) is 5.02 Å². The lowest BCUT2D eigenvalue weighted by molar-refractivity contribution is -0.145. The second-order valence-electron chi connectivity index (χ2n) is 4.68. The average Bonchev–Trinajstić information content (AvgIpc) is 2.47. The number of nitrogens with zero attached hydrogens (tertiary/aromatic N) is 1. The van der Waals surface area contributed by atoms with Crippen LogP contribution in [0.15, 0.2) is 24.3 Å². The Labute approximate surface area is 130 Å². The summed E-state index contributed by atoms with van der Waals surface area (Å²) in [7, 11) is 1.31. The first-order valence-electron chi connectivity index (χ1n) is 6.78. The van der Waals surface area contributed by atoms with Gasteiger partial charge in [0.25, 0.3) is 0 Å². The minimum absolute atomic E-state index is 0.0395. The number of methoxy groups -OCH3 is 1. The maximum Gasteiger partial charge on any atom is 0.325 e. The van der Waals surface area contributed by atoms with Crippen molar-refractivity contribution in [2.45, 2.75) is 20.3 Å². The van der Waals surface area contributed by atoms with Crippen molar-refractivity contribution in [2.24, 2.45) is 0 Å². The lowest BCUT2D eigenvalue weighted by Crippen LogP contribution is -2.35. The summed E-state index contributed by atoms with van der Waals surface area (Å²) < 4.78 is 4.59. The summed E-state index contributed by atoms with van der Waals surface area (Å²) in [4.78, 5) is 24.9. The van der Waals surface area contributed by atoms with Gasteiger partial charge in [0.05, 0.1) is 7.11 Å². The van der Waals surface area contributed by atoms with Crippen molar-refractivity contribution in [3.63, 3.8) is 0 Å². The predicted molar refractivity (Wildman–Crippen MR) is 84.1 cm³/mol. The largest absolute Gasteiger partial charge is 0.468 e. The zero-order valence-electron chi connectivity index (χ0n) is 12.6. The van der Waals surface area contributed by atoms with Gasteiger partial charge in [-0.2, -0.15) is 0 Å². The highest BCUT2D eigenvalue weighted by atomic mass is 35.5. The number of amides is 1. The minimum Gasteiger partial charge on any atom is -0.468 e. The van der Waals surface area contributed by atoms with Crippen molar-refractivity contribution >= 4 is 29.6 Å². The van der Waals surface area contributed by atoms with Gasteiger partial charge >= 0.3 is 5.97 Å². The third kappa shape index (κ3) is 5.60. The van der Waals surface area contributed by atoms with Crippen LogP contribution >= 0.6 is 11.6 Å². The summed E-state index contributed by atoms with van der Waals surface area (Å²) in [6.45, 7) is 4.33. The van der Waals surface area contributed by atoms with E-state index in [-0.39, 0.29) is 12.5 Å². The van der Waals surface area contributed by atoms with Crippen LogP contribution in [-0.2, 0) is 14.3 Å². The number of esters is 1. The van der Waals surface area contributed by atoms with Gasteiger partial charge in [-0.05, 0) is 36.6 Å². The zero-order chi connectivity index (χ0) is 15.8. The number of ether oxygens (including phenoxy) is 1. The SMILES string of the molecule is CCCN(CC(=O)OC)C(=O)C=Cc1ccc(C)c(Cl)c1. The highest BCUT2D eigenvalue weighted by Gasteiger charge is 2.14. The molecule has 0 N–H and O–H groups in total. The number of hydrogen-bond acceptors (Lipinski definition) is 3. The molecule has 0 fully saturated rings. The van der Waals surface area contributed by atoms with Crippen LogP contribution in [0.5, 0.6) is 0 Å². The van der Waals surface area contributed by atoms with Gasteiger partial charge in [0.2, 0.25) is 5.91 Å². The van der Waals surface area contributed by atoms with E-state index < -0.39 is 5.97 Å². The van der Waals surface area contributed by atoms with Crippen LogP contribution in [0, 0.1) is 6.92 Å². The molecular formula is C16H20ClNO3. The van der Waals surface area contributed by atoms with Gasteiger partial charge in [-0.3, -0.25) is 9.59 Å². The van der Waals surface area contributed by atoms with E-state index in [1.165, 1.54) is 18.1 Å². The van der Waals surface area contributed by atoms with Crippen molar-refractivity contribution in [3.8, 4) is 0 Å². The normalized spacial score (nSPS) is 10.7. The minimum atomic E-state index is -0.427. The van der Waals surface area contributed by atoms with E-state index in [9.17, 15) is 9.59 Å². The third-order valence-corrected chi connectivity index (χ3v) is 3.37.